The van der Waals surface area contributed by atoms with Gasteiger partial charge in [0.15, 0.2) is 11.5 Å². The molecule has 28 heavy (non-hydrogen) atoms. The summed E-state index contributed by atoms with van der Waals surface area (Å²) in [4.78, 5) is 24.5. The number of methoxy groups -OCH3 is 2. The van der Waals surface area contributed by atoms with Crippen LogP contribution in [-0.4, -0.2) is 32.6 Å². The van der Waals surface area contributed by atoms with Gasteiger partial charge in [-0.25, -0.2) is 4.79 Å². The van der Waals surface area contributed by atoms with Gasteiger partial charge in [-0.15, -0.1) is 0 Å². The van der Waals surface area contributed by atoms with Gasteiger partial charge in [0.05, 0.1) is 20.1 Å². The Labute approximate surface area is 164 Å². The molecular formula is C23H24O5. The topological polar surface area (TPSA) is 61.8 Å². The van der Waals surface area contributed by atoms with Crippen molar-refractivity contribution in [3.05, 3.63) is 65.7 Å². The number of hydrogen-bond donors (Lipinski definition) is 0. The number of benzene rings is 2. The molecule has 0 aromatic heterocycles. The van der Waals surface area contributed by atoms with Crippen LogP contribution in [0.3, 0.4) is 0 Å². The van der Waals surface area contributed by atoms with Crippen molar-refractivity contribution in [2.75, 3.05) is 20.8 Å². The van der Waals surface area contributed by atoms with Crippen LogP contribution >= 0.6 is 0 Å². The molecule has 5 heteroatoms. The summed E-state index contributed by atoms with van der Waals surface area (Å²) in [5.74, 6) is 0.644. The number of ether oxygens (including phenoxy) is 3. The molecule has 0 bridgehead atoms. The van der Waals surface area contributed by atoms with E-state index in [2.05, 4.69) is 0 Å². The van der Waals surface area contributed by atoms with E-state index in [1.54, 1.807) is 14.2 Å². The lowest BCUT2D eigenvalue weighted by Gasteiger charge is -2.23. The van der Waals surface area contributed by atoms with Crippen LogP contribution < -0.4 is 9.47 Å². The lowest BCUT2D eigenvalue weighted by molar-refractivity contribution is -0.140. The second kappa shape index (κ2) is 9.22. The molecule has 0 radical (unpaired) electrons. The Bertz CT molecular complexity index is 870. The number of esters is 1. The standard InChI is InChI=1S/C23H24O5/c1-26-21-12-11-16(13-22(21)27-2)7-6-10-20(24)19-15-28-23(25)14-18(19)17-8-4-3-5-9-17/h3-5,8-9,11-14,19H,6-7,10,15H2,1-2H3/t19-/m0/s1. The first-order valence-corrected chi connectivity index (χ1v) is 9.29. The molecule has 0 N–H and O–H groups in total. The summed E-state index contributed by atoms with van der Waals surface area (Å²) in [7, 11) is 3.21. The van der Waals surface area contributed by atoms with Crippen LogP contribution in [0.1, 0.15) is 24.0 Å². The monoisotopic (exact) mass is 380 g/mol. The molecule has 0 spiro atoms. The zero-order valence-electron chi connectivity index (χ0n) is 16.1. The van der Waals surface area contributed by atoms with Crippen LogP contribution in [0.4, 0.5) is 0 Å². The van der Waals surface area contributed by atoms with Crippen molar-refractivity contribution < 1.29 is 23.8 Å². The summed E-state index contributed by atoms with van der Waals surface area (Å²) in [6, 6.07) is 15.3. The molecule has 2 aromatic rings. The third-order valence-electron chi connectivity index (χ3n) is 4.87. The molecule has 0 fully saturated rings. The van der Waals surface area contributed by atoms with Crippen molar-refractivity contribution in [2.24, 2.45) is 5.92 Å². The Kier molecular flexibility index (Phi) is 6.48. The zero-order valence-corrected chi connectivity index (χ0v) is 16.1. The highest BCUT2D eigenvalue weighted by molar-refractivity contribution is 6.01. The number of carbonyl (C=O) groups is 2. The minimum absolute atomic E-state index is 0.0862. The summed E-state index contributed by atoms with van der Waals surface area (Å²) in [6.45, 7) is 0.106. The molecular weight excluding hydrogens is 356 g/mol. The third-order valence-corrected chi connectivity index (χ3v) is 4.87. The van der Waals surface area contributed by atoms with Gasteiger partial charge in [0.25, 0.3) is 0 Å². The van der Waals surface area contributed by atoms with Crippen LogP contribution in [0.2, 0.25) is 0 Å². The number of Topliss-reactive ketones (excluding diaryl/α,β-unsaturated/α-hetero) is 1. The second-order valence-electron chi connectivity index (χ2n) is 6.66. The maximum absolute atomic E-state index is 12.8. The largest absolute Gasteiger partial charge is 0.493 e. The van der Waals surface area contributed by atoms with Crippen molar-refractivity contribution in [1.82, 2.24) is 0 Å². The zero-order chi connectivity index (χ0) is 19.9. The fraction of sp³-hybridized carbons (Fsp3) is 0.304. The normalized spacial score (nSPS) is 16.1. The van der Waals surface area contributed by atoms with Crippen LogP contribution in [0.5, 0.6) is 11.5 Å². The average molecular weight is 380 g/mol. The van der Waals surface area contributed by atoms with Gasteiger partial charge >= 0.3 is 5.97 Å². The van der Waals surface area contributed by atoms with Gasteiger partial charge in [-0.1, -0.05) is 36.4 Å². The van der Waals surface area contributed by atoms with Crippen molar-refractivity contribution in [3.8, 4) is 11.5 Å². The first kappa shape index (κ1) is 19.7. The minimum atomic E-state index is -0.412. The molecule has 5 nitrogen and oxygen atoms in total. The number of ketones is 1. The molecule has 1 aliphatic rings. The van der Waals surface area contributed by atoms with E-state index in [-0.39, 0.29) is 12.4 Å². The van der Waals surface area contributed by atoms with Gasteiger partial charge < -0.3 is 14.2 Å². The van der Waals surface area contributed by atoms with Gasteiger partial charge in [0.2, 0.25) is 0 Å². The number of aryl methyl sites for hydroxylation is 1. The number of carbonyl (C=O) groups excluding carboxylic acids is 2. The quantitative estimate of drug-likeness (QED) is 0.651. The Balaban J connectivity index is 1.64. The Hall–Kier alpha value is -3.08. The van der Waals surface area contributed by atoms with E-state index < -0.39 is 11.9 Å². The van der Waals surface area contributed by atoms with Crippen LogP contribution in [0, 0.1) is 5.92 Å². The highest BCUT2D eigenvalue weighted by Gasteiger charge is 2.29. The van der Waals surface area contributed by atoms with E-state index in [0.717, 1.165) is 23.1 Å². The van der Waals surface area contributed by atoms with Gasteiger partial charge in [0, 0.05) is 12.5 Å². The predicted molar refractivity (Wildman–Crippen MR) is 106 cm³/mol. The Morgan fingerprint density at radius 3 is 2.54 bits per heavy atom. The lowest BCUT2D eigenvalue weighted by Crippen LogP contribution is -2.27. The second-order valence-corrected chi connectivity index (χ2v) is 6.66. The molecule has 3 rings (SSSR count). The van der Waals surface area contributed by atoms with E-state index in [9.17, 15) is 9.59 Å². The maximum atomic E-state index is 12.8. The molecule has 1 heterocycles. The van der Waals surface area contributed by atoms with Gasteiger partial charge in [-0.3, -0.25) is 4.79 Å². The molecule has 0 saturated carbocycles. The predicted octanol–water partition coefficient (Wildman–Crippen LogP) is 3.85. The molecule has 0 saturated heterocycles. The number of cyclic esters (lactones) is 1. The number of rotatable bonds is 8. The van der Waals surface area contributed by atoms with Crippen molar-refractivity contribution in [1.29, 1.82) is 0 Å². The maximum Gasteiger partial charge on any atom is 0.331 e. The average Bonchev–Trinajstić information content (AvgIpc) is 2.74. The summed E-state index contributed by atoms with van der Waals surface area (Å²) in [5.41, 5.74) is 2.71. The van der Waals surface area contributed by atoms with E-state index in [0.29, 0.717) is 24.3 Å². The van der Waals surface area contributed by atoms with Crippen LogP contribution in [0.15, 0.2) is 54.6 Å². The van der Waals surface area contributed by atoms with Gasteiger partial charge in [0.1, 0.15) is 12.4 Å². The molecule has 1 atom stereocenters. The van der Waals surface area contributed by atoms with Crippen molar-refractivity contribution in [3.63, 3.8) is 0 Å². The van der Waals surface area contributed by atoms with Crippen LogP contribution in [0.25, 0.3) is 5.57 Å². The van der Waals surface area contributed by atoms with E-state index in [1.807, 2.05) is 48.5 Å². The van der Waals surface area contributed by atoms with Crippen molar-refractivity contribution in [2.45, 2.75) is 19.3 Å². The lowest BCUT2D eigenvalue weighted by atomic mass is 9.86. The van der Waals surface area contributed by atoms with Crippen LogP contribution in [-0.2, 0) is 20.7 Å². The van der Waals surface area contributed by atoms with E-state index in [1.165, 1.54) is 6.08 Å². The minimum Gasteiger partial charge on any atom is -0.493 e. The molecule has 0 unspecified atom stereocenters. The highest BCUT2D eigenvalue weighted by atomic mass is 16.5. The summed E-state index contributed by atoms with van der Waals surface area (Å²) < 4.78 is 15.7. The van der Waals surface area contributed by atoms with Crippen molar-refractivity contribution >= 4 is 17.3 Å². The van der Waals surface area contributed by atoms with Gasteiger partial charge in [-0.05, 0) is 41.7 Å². The first-order valence-electron chi connectivity index (χ1n) is 9.29. The Morgan fingerprint density at radius 2 is 1.82 bits per heavy atom. The molecule has 2 aromatic carbocycles. The van der Waals surface area contributed by atoms with E-state index >= 15 is 0 Å². The summed E-state index contributed by atoms with van der Waals surface area (Å²) >= 11 is 0. The molecule has 146 valence electrons. The van der Waals surface area contributed by atoms with E-state index in [4.69, 9.17) is 14.2 Å². The highest BCUT2D eigenvalue weighted by Crippen LogP contribution is 2.30. The fourth-order valence-corrected chi connectivity index (χ4v) is 3.38. The fourth-order valence-electron chi connectivity index (χ4n) is 3.38. The Morgan fingerprint density at radius 1 is 1.07 bits per heavy atom. The first-order chi connectivity index (χ1) is 13.6. The molecule has 0 amide bonds. The summed E-state index contributed by atoms with van der Waals surface area (Å²) in [6.07, 6.45) is 3.32. The molecule has 0 aliphatic carbocycles. The number of hydrogen-bond acceptors (Lipinski definition) is 5. The smallest absolute Gasteiger partial charge is 0.331 e. The SMILES string of the molecule is COc1ccc(CCCC(=O)[C@H]2COC(=O)C=C2c2ccccc2)cc1OC. The molecule has 1 aliphatic heterocycles. The summed E-state index contributed by atoms with van der Waals surface area (Å²) in [5, 5.41) is 0. The van der Waals surface area contributed by atoms with Gasteiger partial charge in [-0.2, -0.15) is 0 Å². The third kappa shape index (κ3) is 4.60.